The molecule has 0 aliphatic heterocycles. The van der Waals surface area contributed by atoms with Crippen molar-refractivity contribution < 1.29 is 15.0 Å². The van der Waals surface area contributed by atoms with E-state index in [9.17, 15) is 15.0 Å². The van der Waals surface area contributed by atoms with Gasteiger partial charge in [0.25, 0.3) is 0 Å². The quantitative estimate of drug-likeness (QED) is 0.891. The zero-order valence-electron chi connectivity index (χ0n) is 11.6. The van der Waals surface area contributed by atoms with Crippen LogP contribution in [0.2, 0.25) is 0 Å². The van der Waals surface area contributed by atoms with E-state index in [0.29, 0.717) is 0 Å². The molecule has 1 aromatic carbocycles. The van der Waals surface area contributed by atoms with Crippen molar-refractivity contribution in [2.45, 2.75) is 39.2 Å². The third kappa shape index (κ3) is 2.07. The number of phenols is 1. The van der Waals surface area contributed by atoms with Crippen LogP contribution in [0.15, 0.2) is 24.3 Å². The average molecular weight is 261 g/mol. The van der Waals surface area contributed by atoms with Gasteiger partial charge in [-0.25, -0.2) is 0 Å². The number of aromatic hydroxyl groups is 1. The van der Waals surface area contributed by atoms with Crippen LogP contribution in [0.25, 0.3) is 10.9 Å². The zero-order chi connectivity index (χ0) is 14.4. The third-order valence-electron chi connectivity index (χ3n) is 3.52. The standard InChI is InChI=1S/C15H19NO3/c1-9(2)16-12-8-11(17)6-5-10(12)7-13(16)15(3,4)14(18)19/h5-9,17H,1-4H3,(H,18,19). The van der Waals surface area contributed by atoms with Crippen molar-refractivity contribution in [1.29, 1.82) is 0 Å². The molecule has 0 spiro atoms. The summed E-state index contributed by atoms with van der Waals surface area (Å²) >= 11 is 0. The monoisotopic (exact) mass is 261 g/mol. The average Bonchev–Trinajstić information content (AvgIpc) is 2.67. The molecule has 1 aromatic heterocycles. The van der Waals surface area contributed by atoms with Crippen LogP contribution in [0.5, 0.6) is 5.75 Å². The van der Waals surface area contributed by atoms with Crippen LogP contribution in [0.1, 0.15) is 39.4 Å². The molecule has 102 valence electrons. The number of aliphatic carboxylic acids is 1. The number of benzene rings is 1. The summed E-state index contributed by atoms with van der Waals surface area (Å²) in [7, 11) is 0. The number of hydrogen-bond donors (Lipinski definition) is 2. The first kappa shape index (κ1) is 13.5. The van der Waals surface area contributed by atoms with E-state index in [0.717, 1.165) is 16.6 Å². The van der Waals surface area contributed by atoms with E-state index < -0.39 is 11.4 Å². The van der Waals surface area contributed by atoms with Gasteiger partial charge in [0.15, 0.2) is 0 Å². The van der Waals surface area contributed by atoms with Gasteiger partial charge in [0.1, 0.15) is 11.2 Å². The molecule has 4 nitrogen and oxygen atoms in total. The van der Waals surface area contributed by atoms with Crippen LogP contribution < -0.4 is 0 Å². The number of carboxylic acids is 1. The van der Waals surface area contributed by atoms with Gasteiger partial charge in [-0.2, -0.15) is 0 Å². The molecule has 0 aliphatic rings. The Kier molecular flexibility index (Phi) is 3.04. The molecule has 2 rings (SSSR count). The highest BCUT2D eigenvalue weighted by molar-refractivity contribution is 5.87. The molecule has 0 saturated heterocycles. The smallest absolute Gasteiger partial charge is 0.315 e. The highest BCUT2D eigenvalue weighted by atomic mass is 16.4. The summed E-state index contributed by atoms with van der Waals surface area (Å²) in [6, 6.07) is 7.11. The summed E-state index contributed by atoms with van der Waals surface area (Å²) in [4.78, 5) is 11.5. The lowest BCUT2D eigenvalue weighted by Gasteiger charge is -2.24. The summed E-state index contributed by atoms with van der Waals surface area (Å²) in [5.41, 5.74) is 0.633. The molecule has 2 aromatic rings. The van der Waals surface area contributed by atoms with Gasteiger partial charge in [-0.1, -0.05) is 0 Å². The van der Waals surface area contributed by atoms with Crippen molar-refractivity contribution in [3.05, 3.63) is 30.0 Å². The normalized spacial score (nSPS) is 12.3. The predicted octanol–water partition coefficient (Wildman–Crippen LogP) is 3.29. The summed E-state index contributed by atoms with van der Waals surface area (Å²) in [6.45, 7) is 7.40. The van der Waals surface area contributed by atoms with E-state index in [1.165, 1.54) is 0 Å². The number of rotatable bonds is 3. The first-order valence-corrected chi connectivity index (χ1v) is 6.33. The number of aromatic nitrogens is 1. The molecule has 0 unspecified atom stereocenters. The van der Waals surface area contributed by atoms with Crippen LogP contribution in [0, 0.1) is 0 Å². The minimum absolute atomic E-state index is 0.118. The summed E-state index contributed by atoms with van der Waals surface area (Å²) < 4.78 is 1.98. The fourth-order valence-corrected chi connectivity index (χ4v) is 2.36. The van der Waals surface area contributed by atoms with Crippen LogP contribution in [0.3, 0.4) is 0 Å². The van der Waals surface area contributed by atoms with Gasteiger partial charge in [0.05, 0.1) is 5.52 Å². The molecule has 4 heteroatoms. The maximum Gasteiger partial charge on any atom is 0.315 e. The molecule has 0 amide bonds. The Balaban J connectivity index is 2.81. The van der Waals surface area contributed by atoms with Gasteiger partial charge in [0.2, 0.25) is 0 Å². The molecular formula is C15H19NO3. The van der Waals surface area contributed by atoms with E-state index in [4.69, 9.17) is 0 Å². The van der Waals surface area contributed by atoms with E-state index >= 15 is 0 Å². The second kappa shape index (κ2) is 4.30. The zero-order valence-corrected chi connectivity index (χ0v) is 11.6. The maximum absolute atomic E-state index is 11.5. The molecule has 19 heavy (non-hydrogen) atoms. The molecule has 1 heterocycles. The van der Waals surface area contributed by atoms with Crippen molar-refractivity contribution in [2.24, 2.45) is 0 Å². The van der Waals surface area contributed by atoms with Gasteiger partial charge in [-0.05, 0) is 45.9 Å². The Morgan fingerprint density at radius 2 is 1.89 bits per heavy atom. The first-order chi connectivity index (χ1) is 8.75. The van der Waals surface area contributed by atoms with Crippen molar-refractivity contribution in [2.75, 3.05) is 0 Å². The Morgan fingerprint density at radius 1 is 1.26 bits per heavy atom. The van der Waals surface area contributed by atoms with E-state index in [-0.39, 0.29) is 11.8 Å². The summed E-state index contributed by atoms with van der Waals surface area (Å²) in [5.74, 6) is -0.673. The number of nitrogens with zero attached hydrogens (tertiary/aromatic N) is 1. The molecule has 0 fully saturated rings. The van der Waals surface area contributed by atoms with E-state index in [1.54, 1.807) is 26.0 Å². The Labute approximate surface area is 112 Å². The number of phenolic OH excluding ortho intramolecular Hbond substituents is 1. The first-order valence-electron chi connectivity index (χ1n) is 6.33. The lowest BCUT2D eigenvalue weighted by atomic mass is 9.89. The van der Waals surface area contributed by atoms with Crippen molar-refractivity contribution in [3.8, 4) is 5.75 Å². The molecule has 0 saturated carbocycles. The second-order valence-electron chi connectivity index (χ2n) is 5.67. The molecule has 0 radical (unpaired) electrons. The van der Waals surface area contributed by atoms with Crippen LogP contribution in [0.4, 0.5) is 0 Å². The van der Waals surface area contributed by atoms with Crippen LogP contribution >= 0.6 is 0 Å². The van der Waals surface area contributed by atoms with Gasteiger partial charge in [0, 0.05) is 23.2 Å². The van der Waals surface area contributed by atoms with Crippen molar-refractivity contribution in [1.82, 2.24) is 4.57 Å². The van der Waals surface area contributed by atoms with Gasteiger partial charge < -0.3 is 14.8 Å². The number of carbonyl (C=O) groups is 1. The topological polar surface area (TPSA) is 62.5 Å². The van der Waals surface area contributed by atoms with Crippen molar-refractivity contribution >= 4 is 16.9 Å². The number of carboxylic acid groups (broad SMARTS) is 1. The maximum atomic E-state index is 11.5. The molecular weight excluding hydrogens is 242 g/mol. The summed E-state index contributed by atoms with van der Waals surface area (Å²) in [6.07, 6.45) is 0. The van der Waals surface area contributed by atoms with Gasteiger partial charge in [-0.3, -0.25) is 4.79 Å². The second-order valence-corrected chi connectivity index (χ2v) is 5.67. The molecule has 0 bridgehead atoms. The van der Waals surface area contributed by atoms with Gasteiger partial charge in [-0.15, -0.1) is 0 Å². The van der Waals surface area contributed by atoms with E-state index in [1.807, 2.05) is 30.5 Å². The predicted molar refractivity (Wildman–Crippen MR) is 74.6 cm³/mol. The fraction of sp³-hybridized carbons (Fsp3) is 0.400. The Morgan fingerprint density at radius 3 is 2.42 bits per heavy atom. The van der Waals surface area contributed by atoms with Crippen LogP contribution in [-0.4, -0.2) is 20.7 Å². The minimum Gasteiger partial charge on any atom is -0.508 e. The summed E-state index contributed by atoms with van der Waals surface area (Å²) in [5, 5.41) is 20.0. The molecule has 0 aliphatic carbocycles. The minimum atomic E-state index is -0.973. The SMILES string of the molecule is CC(C)n1c(C(C)(C)C(=O)O)cc2ccc(O)cc21. The van der Waals surface area contributed by atoms with E-state index in [2.05, 4.69) is 0 Å². The molecule has 2 N–H and O–H groups in total. The van der Waals surface area contributed by atoms with Crippen LogP contribution in [-0.2, 0) is 10.2 Å². The highest BCUT2D eigenvalue weighted by Gasteiger charge is 2.34. The highest BCUT2D eigenvalue weighted by Crippen LogP contribution is 2.34. The number of fused-ring (bicyclic) bond motifs is 1. The third-order valence-corrected chi connectivity index (χ3v) is 3.52. The molecule has 0 atom stereocenters. The fourth-order valence-electron chi connectivity index (χ4n) is 2.36. The lowest BCUT2D eigenvalue weighted by molar-refractivity contribution is -0.142. The largest absolute Gasteiger partial charge is 0.508 e. The Hall–Kier alpha value is -1.97. The van der Waals surface area contributed by atoms with Crippen molar-refractivity contribution in [3.63, 3.8) is 0 Å². The Bertz CT molecular complexity index is 638. The van der Waals surface area contributed by atoms with Gasteiger partial charge >= 0.3 is 5.97 Å². The lowest BCUT2D eigenvalue weighted by Crippen LogP contribution is -2.31. The number of hydrogen-bond acceptors (Lipinski definition) is 2.